The Bertz CT molecular complexity index is 1240. The number of hydroxylamine groups is 2. The third-order valence-electron chi connectivity index (χ3n) is 6.30. The van der Waals surface area contributed by atoms with Gasteiger partial charge in [0.05, 0.1) is 23.3 Å². The van der Waals surface area contributed by atoms with Crippen LogP contribution in [0, 0.1) is 18.2 Å². The quantitative estimate of drug-likeness (QED) is 0.296. The van der Waals surface area contributed by atoms with Crippen molar-refractivity contribution in [3.8, 4) is 22.5 Å². The number of nitrogens with zero attached hydrogens (tertiary/aromatic N) is 4. The Morgan fingerprint density at radius 3 is 2.63 bits per heavy atom. The lowest BCUT2D eigenvalue weighted by Gasteiger charge is -2.37. The van der Waals surface area contributed by atoms with E-state index in [0.29, 0.717) is 45.5 Å². The number of urea groups is 1. The molecular formula is C24H26Cl2FN5O3. The minimum atomic E-state index is -0.684. The van der Waals surface area contributed by atoms with Gasteiger partial charge in [-0.15, -0.1) is 0 Å². The van der Waals surface area contributed by atoms with Crippen molar-refractivity contribution in [1.82, 2.24) is 25.5 Å². The van der Waals surface area contributed by atoms with E-state index in [-0.39, 0.29) is 34.5 Å². The molecule has 0 aliphatic heterocycles. The Morgan fingerprint density at radius 2 is 2.00 bits per heavy atom. The molecule has 186 valence electrons. The fourth-order valence-corrected chi connectivity index (χ4v) is 4.79. The summed E-state index contributed by atoms with van der Waals surface area (Å²) < 4.78 is 20.0. The molecule has 2 amide bonds. The standard InChI is InChI=1S/C24H26Cl2FN5O3/c1-13-30-22(31-35-13)21-17(9-15(25)10-18(21)26)14-8-19(27)20(28-11-14)12-29-23(33)32(34)16-4-6-24(2,3)7-5-16/h8-11,16,34H,4-7,12H2,1-3H3,(H,29,33). The summed E-state index contributed by atoms with van der Waals surface area (Å²) in [6.45, 7) is 5.81. The number of carbonyl (C=O) groups excluding carboxylic acids is 1. The highest BCUT2D eigenvalue weighted by Crippen LogP contribution is 2.39. The third kappa shape index (κ3) is 5.74. The number of aromatic nitrogens is 3. The number of benzene rings is 1. The molecule has 4 rings (SSSR count). The van der Waals surface area contributed by atoms with Gasteiger partial charge in [-0.25, -0.2) is 14.2 Å². The molecular weight excluding hydrogens is 496 g/mol. The molecule has 0 spiro atoms. The van der Waals surface area contributed by atoms with Crippen molar-refractivity contribution in [3.63, 3.8) is 0 Å². The second-order valence-corrected chi connectivity index (χ2v) is 10.3. The molecule has 2 aromatic heterocycles. The summed E-state index contributed by atoms with van der Waals surface area (Å²) in [5.74, 6) is -0.0506. The Kier molecular flexibility index (Phi) is 7.30. The highest BCUT2D eigenvalue weighted by Gasteiger charge is 2.32. The van der Waals surface area contributed by atoms with Crippen LogP contribution in [0.4, 0.5) is 9.18 Å². The van der Waals surface area contributed by atoms with Gasteiger partial charge in [0.25, 0.3) is 0 Å². The first-order valence-electron chi connectivity index (χ1n) is 11.2. The predicted molar refractivity (Wildman–Crippen MR) is 130 cm³/mol. The maximum atomic E-state index is 15.0. The maximum Gasteiger partial charge on any atom is 0.341 e. The van der Waals surface area contributed by atoms with Gasteiger partial charge in [-0.2, -0.15) is 4.98 Å². The minimum absolute atomic E-state index is 0.0189. The predicted octanol–water partition coefficient (Wildman–Crippen LogP) is 6.42. The summed E-state index contributed by atoms with van der Waals surface area (Å²) in [4.78, 5) is 20.8. The number of pyridine rings is 1. The molecule has 1 aliphatic rings. The van der Waals surface area contributed by atoms with Gasteiger partial charge in [-0.05, 0) is 54.9 Å². The monoisotopic (exact) mass is 521 g/mol. The van der Waals surface area contributed by atoms with Crippen LogP contribution in [0.5, 0.6) is 0 Å². The number of hydrogen-bond acceptors (Lipinski definition) is 6. The summed E-state index contributed by atoms with van der Waals surface area (Å²) in [5, 5.41) is 18.1. The second kappa shape index (κ2) is 10.1. The van der Waals surface area contributed by atoms with Gasteiger partial charge in [0.1, 0.15) is 5.82 Å². The second-order valence-electron chi connectivity index (χ2n) is 9.50. The Balaban J connectivity index is 1.50. The topological polar surface area (TPSA) is 104 Å². The zero-order chi connectivity index (χ0) is 25.3. The largest absolute Gasteiger partial charge is 0.341 e. The average molecular weight is 522 g/mol. The first-order valence-corrected chi connectivity index (χ1v) is 12.0. The van der Waals surface area contributed by atoms with Gasteiger partial charge in [0.2, 0.25) is 11.7 Å². The molecule has 1 saturated carbocycles. The number of aryl methyl sites for hydroxylation is 1. The molecule has 2 N–H and O–H groups in total. The molecule has 8 nitrogen and oxygen atoms in total. The number of carbonyl (C=O) groups is 1. The van der Waals surface area contributed by atoms with Crippen molar-refractivity contribution in [2.24, 2.45) is 5.41 Å². The van der Waals surface area contributed by atoms with Crippen molar-refractivity contribution in [2.75, 3.05) is 0 Å². The molecule has 3 aromatic rings. The molecule has 1 fully saturated rings. The van der Waals surface area contributed by atoms with Crippen LogP contribution in [0.25, 0.3) is 22.5 Å². The van der Waals surface area contributed by atoms with E-state index >= 15 is 0 Å². The molecule has 1 aromatic carbocycles. The number of halogens is 3. The average Bonchev–Trinajstić information content (AvgIpc) is 3.22. The van der Waals surface area contributed by atoms with Gasteiger partial charge in [-0.1, -0.05) is 42.2 Å². The molecule has 35 heavy (non-hydrogen) atoms. The Hall–Kier alpha value is -2.75. The lowest BCUT2D eigenvalue weighted by atomic mass is 9.75. The van der Waals surface area contributed by atoms with Gasteiger partial charge < -0.3 is 9.84 Å². The van der Waals surface area contributed by atoms with Gasteiger partial charge in [0.15, 0.2) is 0 Å². The normalized spacial score (nSPS) is 15.7. The van der Waals surface area contributed by atoms with E-state index < -0.39 is 11.8 Å². The van der Waals surface area contributed by atoms with E-state index in [1.807, 2.05) is 0 Å². The lowest BCUT2D eigenvalue weighted by molar-refractivity contribution is -0.0943. The number of hydrogen-bond donors (Lipinski definition) is 2. The number of nitrogens with one attached hydrogen (secondary N) is 1. The zero-order valence-electron chi connectivity index (χ0n) is 19.6. The lowest BCUT2D eigenvalue weighted by Crippen LogP contribution is -2.46. The summed E-state index contributed by atoms with van der Waals surface area (Å²) in [7, 11) is 0. The van der Waals surface area contributed by atoms with E-state index in [2.05, 4.69) is 34.3 Å². The number of rotatable bonds is 5. The Morgan fingerprint density at radius 1 is 1.29 bits per heavy atom. The van der Waals surface area contributed by atoms with E-state index in [1.54, 1.807) is 13.0 Å². The van der Waals surface area contributed by atoms with Gasteiger partial charge in [0, 0.05) is 29.3 Å². The summed E-state index contributed by atoms with van der Waals surface area (Å²) in [6, 6.07) is 3.48. The van der Waals surface area contributed by atoms with Crippen LogP contribution in [0.3, 0.4) is 0 Å². The highest BCUT2D eigenvalue weighted by atomic mass is 35.5. The Labute approximate surface area is 212 Å². The van der Waals surface area contributed by atoms with E-state index in [4.69, 9.17) is 27.7 Å². The minimum Gasteiger partial charge on any atom is -0.339 e. The molecule has 0 atom stereocenters. The van der Waals surface area contributed by atoms with Crippen LogP contribution in [0.1, 0.15) is 51.1 Å². The molecule has 0 radical (unpaired) electrons. The van der Waals surface area contributed by atoms with E-state index in [0.717, 1.165) is 12.8 Å². The molecule has 11 heteroatoms. The molecule has 0 saturated heterocycles. The fourth-order valence-electron chi connectivity index (χ4n) is 4.21. The smallest absolute Gasteiger partial charge is 0.339 e. The SMILES string of the molecule is Cc1nc(-c2c(Cl)cc(Cl)cc2-c2cnc(CNC(=O)N(O)C3CCC(C)(C)CC3)c(F)c2)no1. The van der Waals surface area contributed by atoms with Crippen molar-refractivity contribution >= 4 is 29.2 Å². The van der Waals surface area contributed by atoms with E-state index in [9.17, 15) is 14.4 Å². The summed E-state index contributed by atoms with van der Waals surface area (Å²) in [6.07, 6.45) is 4.70. The molecule has 2 heterocycles. The van der Waals surface area contributed by atoms with Crippen LogP contribution < -0.4 is 5.32 Å². The van der Waals surface area contributed by atoms with Gasteiger partial charge in [-0.3, -0.25) is 10.2 Å². The van der Waals surface area contributed by atoms with E-state index in [1.165, 1.54) is 18.3 Å². The maximum absolute atomic E-state index is 15.0. The molecule has 0 unspecified atom stereocenters. The first kappa shape index (κ1) is 25.3. The highest BCUT2D eigenvalue weighted by molar-refractivity contribution is 6.37. The summed E-state index contributed by atoms with van der Waals surface area (Å²) in [5.41, 5.74) is 1.53. The van der Waals surface area contributed by atoms with Crippen LogP contribution in [-0.4, -0.2) is 37.5 Å². The molecule has 0 bridgehead atoms. The third-order valence-corrected chi connectivity index (χ3v) is 6.82. The summed E-state index contributed by atoms with van der Waals surface area (Å²) >= 11 is 12.6. The molecule has 1 aliphatic carbocycles. The van der Waals surface area contributed by atoms with Crippen molar-refractivity contribution in [1.29, 1.82) is 0 Å². The van der Waals surface area contributed by atoms with Gasteiger partial charge >= 0.3 is 6.03 Å². The van der Waals surface area contributed by atoms with Crippen molar-refractivity contribution in [3.05, 3.63) is 51.8 Å². The van der Waals surface area contributed by atoms with Crippen LogP contribution in [0.15, 0.2) is 28.9 Å². The van der Waals surface area contributed by atoms with Crippen LogP contribution >= 0.6 is 23.2 Å². The van der Waals surface area contributed by atoms with Crippen LogP contribution in [-0.2, 0) is 6.54 Å². The number of amides is 2. The first-order chi connectivity index (χ1) is 16.5. The fraction of sp³-hybridized carbons (Fsp3) is 0.417. The van der Waals surface area contributed by atoms with Crippen molar-refractivity contribution in [2.45, 2.75) is 59.0 Å². The zero-order valence-corrected chi connectivity index (χ0v) is 21.1. The van der Waals surface area contributed by atoms with Crippen molar-refractivity contribution < 1.29 is 18.9 Å². The van der Waals surface area contributed by atoms with Crippen LogP contribution in [0.2, 0.25) is 10.0 Å².